The predicted molar refractivity (Wildman–Crippen MR) is 76.7 cm³/mol. The van der Waals surface area contributed by atoms with Gasteiger partial charge in [-0.1, -0.05) is 32.6 Å². The summed E-state index contributed by atoms with van der Waals surface area (Å²) in [7, 11) is 0. The second kappa shape index (κ2) is 5.92. The molecule has 2 saturated heterocycles. The number of nitrogens with zero attached hydrogens (tertiary/aromatic N) is 1. The van der Waals surface area contributed by atoms with Crippen LogP contribution in [0, 0.1) is 17.8 Å². The van der Waals surface area contributed by atoms with Crippen LogP contribution >= 0.6 is 0 Å². The molecule has 4 unspecified atom stereocenters. The predicted octanol–water partition coefficient (Wildman–Crippen LogP) is 2.89. The van der Waals surface area contributed by atoms with Crippen LogP contribution in [0.25, 0.3) is 0 Å². The van der Waals surface area contributed by atoms with Crippen LogP contribution in [0.4, 0.5) is 0 Å². The quantitative estimate of drug-likeness (QED) is 0.775. The second-order valence-corrected chi connectivity index (χ2v) is 6.95. The zero-order chi connectivity index (χ0) is 12.4. The molecule has 0 radical (unpaired) electrons. The molecule has 1 N–H and O–H groups in total. The van der Waals surface area contributed by atoms with Crippen molar-refractivity contribution in [2.75, 3.05) is 26.2 Å². The molecular formula is C16H30N2. The molecule has 1 aliphatic carbocycles. The van der Waals surface area contributed by atoms with Crippen LogP contribution in [0.5, 0.6) is 0 Å². The number of fused-ring (bicyclic) bond motifs is 1. The highest BCUT2D eigenvalue weighted by Crippen LogP contribution is 2.34. The minimum atomic E-state index is 0.928. The summed E-state index contributed by atoms with van der Waals surface area (Å²) in [6.45, 7) is 7.69. The standard InChI is InChI=1S/C16H30N2/c1-2-4-13-5-3-6-16(8-7-13)18-11-14-9-17-10-15(14)12-18/h13-17H,2-12H2,1H3. The fraction of sp³-hybridized carbons (Fsp3) is 1.00. The van der Waals surface area contributed by atoms with Gasteiger partial charge >= 0.3 is 0 Å². The Balaban J connectivity index is 1.51. The van der Waals surface area contributed by atoms with E-state index in [0.29, 0.717) is 0 Å². The van der Waals surface area contributed by atoms with Crippen molar-refractivity contribution >= 4 is 0 Å². The lowest BCUT2D eigenvalue weighted by Gasteiger charge is -2.27. The molecule has 0 aromatic rings. The van der Waals surface area contributed by atoms with Gasteiger partial charge in [0.1, 0.15) is 0 Å². The third-order valence-electron chi connectivity index (χ3n) is 5.69. The molecule has 2 heterocycles. The van der Waals surface area contributed by atoms with Gasteiger partial charge < -0.3 is 5.32 Å². The minimum absolute atomic E-state index is 0.928. The summed E-state index contributed by atoms with van der Waals surface area (Å²) in [5.74, 6) is 2.99. The van der Waals surface area contributed by atoms with Gasteiger partial charge in [-0.25, -0.2) is 0 Å². The lowest BCUT2D eigenvalue weighted by Crippen LogP contribution is -2.35. The molecule has 0 spiro atoms. The topological polar surface area (TPSA) is 15.3 Å². The molecule has 18 heavy (non-hydrogen) atoms. The van der Waals surface area contributed by atoms with Crippen molar-refractivity contribution in [3.63, 3.8) is 0 Å². The number of nitrogens with one attached hydrogen (secondary N) is 1. The Hall–Kier alpha value is -0.0800. The van der Waals surface area contributed by atoms with Crippen LogP contribution in [-0.4, -0.2) is 37.1 Å². The molecule has 3 aliphatic rings. The van der Waals surface area contributed by atoms with E-state index in [2.05, 4.69) is 17.1 Å². The van der Waals surface area contributed by atoms with E-state index in [9.17, 15) is 0 Å². The first-order valence-electron chi connectivity index (χ1n) is 8.31. The maximum atomic E-state index is 3.56. The molecule has 3 rings (SSSR count). The molecule has 2 heteroatoms. The van der Waals surface area contributed by atoms with Gasteiger partial charge in [0.05, 0.1) is 0 Å². The van der Waals surface area contributed by atoms with Crippen molar-refractivity contribution in [3.8, 4) is 0 Å². The maximum Gasteiger partial charge on any atom is 0.00956 e. The van der Waals surface area contributed by atoms with Gasteiger partial charge in [0.25, 0.3) is 0 Å². The Morgan fingerprint density at radius 1 is 1.00 bits per heavy atom. The van der Waals surface area contributed by atoms with Gasteiger partial charge in [0.15, 0.2) is 0 Å². The smallest absolute Gasteiger partial charge is 0.00956 e. The summed E-state index contributed by atoms with van der Waals surface area (Å²) in [6, 6.07) is 0.928. The molecule has 0 bridgehead atoms. The van der Waals surface area contributed by atoms with Gasteiger partial charge in [-0.2, -0.15) is 0 Å². The van der Waals surface area contributed by atoms with E-state index >= 15 is 0 Å². The summed E-state index contributed by atoms with van der Waals surface area (Å²) in [5, 5.41) is 3.56. The molecule has 104 valence electrons. The second-order valence-electron chi connectivity index (χ2n) is 6.95. The lowest BCUT2D eigenvalue weighted by atomic mass is 9.95. The first-order valence-corrected chi connectivity index (χ1v) is 8.31. The molecule has 3 fully saturated rings. The van der Waals surface area contributed by atoms with Crippen molar-refractivity contribution in [1.29, 1.82) is 0 Å². The largest absolute Gasteiger partial charge is 0.316 e. The number of hydrogen-bond acceptors (Lipinski definition) is 2. The van der Waals surface area contributed by atoms with Gasteiger partial charge in [0.2, 0.25) is 0 Å². The van der Waals surface area contributed by atoms with Gasteiger partial charge in [-0.05, 0) is 50.1 Å². The molecule has 1 saturated carbocycles. The Bertz CT molecular complexity index is 254. The summed E-state index contributed by atoms with van der Waals surface area (Å²) < 4.78 is 0. The SMILES string of the molecule is CCCC1CCCC(N2CC3CNCC3C2)CC1. The van der Waals surface area contributed by atoms with E-state index in [-0.39, 0.29) is 0 Å². The van der Waals surface area contributed by atoms with Crippen molar-refractivity contribution in [1.82, 2.24) is 10.2 Å². The van der Waals surface area contributed by atoms with E-state index in [1.54, 1.807) is 0 Å². The first-order chi connectivity index (χ1) is 8.86. The Labute approximate surface area is 113 Å². The van der Waals surface area contributed by atoms with Crippen molar-refractivity contribution in [2.24, 2.45) is 17.8 Å². The zero-order valence-electron chi connectivity index (χ0n) is 12.0. The highest BCUT2D eigenvalue weighted by Gasteiger charge is 2.38. The van der Waals surface area contributed by atoms with Gasteiger partial charge in [-0.15, -0.1) is 0 Å². The Kier molecular flexibility index (Phi) is 4.25. The number of hydrogen-bond donors (Lipinski definition) is 1. The molecule has 0 amide bonds. The highest BCUT2D eigenvalue weighted by molar-refractivity contribution is 4.94. The molecule has 2 nitrogen and oxygen atoms in total. The van der Waals surface area contributed by atoms with E-state index in [4.69, 9.17) is 0 Å². The minimum Gasteiger partial charge on any atom is -0.316 e. The summed E-state index contributed by atoms with van der Waals surface area (Å²) in [6.07, 6.45) is 10.3. The van der Waals surface area contributed by atoms with Gasteiger partial charge in [-0.3, -0.25) is 4.90 Å². The van der Waals surface area contributed by atoms with Crippen LogP contribution in [0.3, 0.4) is 0 Å². The zero-order valence-corrected chi connectivity index (χ0v) is 12.0. The average molecular weight is 250 g/mol. The molecule has 4 atom stereocenters. The van der Waals surface area contributed by atoms with Crippen molar-refractivity contribution < 1.29 is 0 Å². The fourth-order valence-corrected chi connectivity index (χ4v) is 4.61. The number of likely N-dealkylation sites (tertiary alicyclic amines) is 1. The summed E-state index contributed by atoms with van der Waals surface area (Å²) in [4.78, 5) is 2.85. The highest BCUT2D eigenvalue weighted by atomic mass is 15.2. The summed E-state index contributed by atoms with van der Waals surface area (Å²) in [5.41, 5.74) is 0. The van der Waals surface area contributed by atoms with Crippen molar-refractivity contribution in [3.05, 3.63) is 0 Å². The average Bonchev–Trinajstić information content (AvgIpc) is 2.86. The number of rotatable bonds is 3. The third-order valence-corrected chi connectivity index (χ3v) is 5.69. The van der Waals surface area contributed by atoms with Crippen LogP contribution < -0.4 is 5.32 Å². The van der Waals surface area contributed by atoms with Crippen LogP contribution in [0.1, 0.15) is 51.9 Å². The van der Waals surface area contributed by atoms with Gasteiger partial charge in [0, 0.05) is 19.1 Å². The van der Waals surface area contributed by atoms with E-state index in [1.165, 1.54) is 71.1 Å². The molecule has 0 aromatic heterocycles. The van der Waals surface area contributed by atoms with Crippen LogP contribution in [0.15, 0.2) is 0 Å². The summed E-state index contributed by atoms with van der Waals surface area (Å²) >= 11 is 0. The van der Waals surface area contributed by atoms with Crippen LogP contribution in [-0.2, 0) is 0 Å². The third kappa shape index (κ3) is 2.75. The first kappa shape index (κ1) is 12.9. The molecule has 2 aliphatic heterocycles. The molecule has 0 aromatic carbocycles. The molecular weight excluding hydrogens is 220 g/mol. The monoisotopic (exact) mass is 250 g/mol. The normalized spacial score (nSPS) is 41.8. The Morgan fingerprint density at radius 2 is 1.78 bits per heavy atom. The van der Waals surface area contributed by atoms with E-state index in [1.807, 2.05) is 0 Å². The lowest BCUT2D eigenvalue weighted by molar-refractivity contribution is 0.204. The van der Waals surface area contributed by atoms with Crippen molar-refractivity contribution in [2.45, 2.75) is 57.9 Å². The van der Waals surface area contributed by atoms with E-state index < -0.39 is 0 Å². The maximum absolute atomic E-state index is 3.56. The van der Waals surface area contributed by atoms with Crippen LogP contribution in [0.2, 0.25) is 0 Å². The van der Waals surface area contributed by atoms with E-state index in [0.717, 1.165) is 23.8 Å². The Morgan fingerprint density at radius 3 is 2.50 bits per heavy atom. The fourth-order valence-electron chi connectivity index (χ4n) is 4.61.